The molecule has 0 atom stereocenters. The molecule has 0 saturated heterocycles. The summed E-state index contributed by atoms with van der Waals surface area (Å²) in [6.45, 7) is 4.59. The molecule has 21 heavy (non-hydrogen) atoms. The molecular formula is C17H20N2O2. The summed E-state index contributed by atoms with van der Waals surface area (Å²) in [5.74, 6) is 0.554. The third kappa shape index (κ3) is 2.58. The first-order chi connectivity index (χ1) is 10.1. The van der Waals surface area contributed by atoms with Gasteiger partial charge in [0.05, 0.1) is 5.69 Å². The minimum Gasteiger partial charge on any atom is -0.309 e. The zero-order chi connectivity index (χ0) is 15.0. The van der Waals surface area contributed by atoms with E-state index >= 15 is 0 Å². The van der Waals surface area contributed by atoms with Gasteiger partial charge in [0, 0.05) is 18.9 Å². The molecule has 1 aliphatic rings. The third-order valence-electron chi connectivity index (χ3n) is 4.36. The molecule has 3 rings (SSSR count). The Bertz CT molecular complexity index is 782. The lowest BCUT2D eigenvalue weighted by Crippen LogP contribution is -2.41. The largest absolute Gasteiger partial charge is 0.320 e. The topological polar surface area (TPSA) is 44.0 Å². The number of benzene rings is 1. The van der Waals surface area contributed by atoms with Gasteiger partial charge in [0.2, 0.25) is 0 Å². The summed E-state index contributed by atoms with van der Waals surface area (Å²) in [6, 6.07) is 5.91. The minimum absolute atomic E-state index is 0.426. The van der Waals surface area contributed by atoms with Gasteiger partial charge in [-0.25, -0.2) is 0 Å². The van der Waals surface area contributed by atoms with Gasteiger partial charge in [0.1, 0.15) is 0 Å². The van der Waals surface area contributed by atoms with Crippen LogP contribution in [0.5, 0.6) is 0 Å². The highest BCUT2D eigenvalue weighted by molar-refractivity contribution is 5.42. The normalized spacial score (nSPS) is 15.0. The summed E-state index contributed by atoms with van der Waals surface area (Å²) in [5, 5.41) is 0. The van der Waals surface area contributed by atoms with Crippen molar-refractivity contribution in [3.8, 4) is 5.69 Å². The van der Waals surface area contributed by atoms with E-state index in [-0.39, 0.29) is 0 Å². The zero-order valence-corrected chi connectivity index (χ0v) is 12.5. The first-order valence-corrected chi connectivity index (χ1v) is 7.46. The molecule has 1 fully saturated rings. The van der Waals surface area contributed by atoms with Crippen LogP contribution in [0.2, 0.25) is 0 Å². The zero-order valence-electron chi connectivity index (χ0n) is 12.5. The average Bonchev–Trinajstić information content (AvgIpc) is 2.41. The second-order valence-electron chi connectivity index (χ2n) is 6.02. The number of hydrogen-bond donors (Lipinski definition) is 0. The van der Waals surface area contributed by atoms with Gasteiger partial charge in [-0.15, -0.1) is 0 Å². The standard InChI is InChI=1S/C17H20N2O2/c1-12-6-7-13(2)15(10-12)19-9-8-18(16(20)17(19)21)11-14-4-3-5-14/h6-10,14H,3-5,11H2,1-2H3. The maximum Gasteiger partial charge on any atom is 0.320 e. The molecule has 0 aliphatic heterocycles. The van der Waals surface area contributed by atoms with Gasteiger partial charge in [-0.3, -0.25) is 14.2 Å². The quantitative estimate of drug-likeness (QED) is 0.812. The Kier molecular flexibility index (Phi) is 3.53. The molecule has 0 bridgehead atoms. The number of aryl methyl sites for hydroxylation is 2. The fourth-order valence-electron chi connectivity index (χ4n) is 2.77. The van der Waals surface area contributed by atoms with Crippen molar-refractivity contribution < 1.29 is 0 Å². The van der Waals surface area contributed by atoms with Crippen molar-refractivity contribution in [2.75, 3.05) is 0 Å². The maximum absolute atomic E-state index is 12.4. The molecule has 1 aliphatic carbocycles. The Hall–Kier alpha value is -2.10. The van der Waals surface area contributed by atoms with Gasteiger partial charge in [0.25, 0.3) is 0 Å². The van der Waals surface area contributed by atoms with Crippen molar-refractivity contribution in [2.24, 2.45) is 5.92 Å². The smallest absolute Gasteiger partial charge is 0.309 e. The Morgan fingerprint density at radius 3 is 2.52 bits per heavy atom. The van der Waals surface area contributed by atoms with Gasteiger partial charge in [-0.1, -0.05) is 18.6 Å². The first kappa shape index (κ1) is 13.9. The van der Waals surface area contributed by atoms with E-state index in [0.717, 1.165) is 29.7 Å². The summed E-state index contributed by atoms with van der Waals surface area (Å²) in [4.78, 5) is 24.6. The van der Waals surface area contributed by atoms with Crippen LogP contribution in [-0.4, -0.2) is 9.13 Å². The van der Waals surface area contributed by atoms with Crippen molar-refractivity contribution >= 4 is 0 Å². The molecule has 0 radical (unpaired) electrons. The van der Waals surface area contributed by atoms with Gasteiger partial charge < -0.3 is 4.57 Å². The van der Waals surface area contributed by atoms with Crippen LogP contribution in [0.1, 0.15) is 30.4 Å². The summed E-state index contributed by atoms with van der Waals surface area (Å²) in [6.07, 6.45) is 7.01. The van der Waals surface area contributed by atoms with Crippen LogP contribution in [0.15, 0.2) is 40.2 Å². The second kappa shape index (κ2) is 5.35. The monoisotopic (exact) mass is 284 g/mol. The fraction of sp³-hybridized carbons (Fsp3) is 0.412. The van der Waals surface area contributed by atoms with E-state index in [0.29, 0.717) is 12.5 Å². The van der Waals surface area contributed by atoms with Gasteiger partial charge >= 0.3 is 11.1 Å². The summed E-state index contributed by atoms with van der Waals surface area (Å²) < 4.78 is 3.02. The van der Waals surface area contributed by atoms with Crippen LogP contribution in [0.25, 0.3) is 5.69 Å². The summed E-state index contributed by atoms with van der Waals surface area (Å²) >= 11 is 0. The lowest BCUT2D eigenvalue weighted by molar-refractivity contribution is 0.272. The van der Waals surface area contributed by atoms with Crippen molar-refractivity contribution in [3.63, 3.8) is 0 Å². The predicted octanol–water partition coefficient (Wildman–Crippen LogP) is 2.42. The van der Waals surface area contributed by atoms with E-state index in [2.05, 4.69) is 0 Å². The number of aromatic nitrogens is 2. The Morgan fingerprint density at radius 1 is 1.10 bits per heavy atom. The van der Waals surface area contributed by atoms with Crippen LogP contribution in [0, 0.1) is 19.8 Å². The third-order valence-corrected chi connectivity index (χ3v) is 4.36. The van der Waals surface area contributed by atoms with E-state index in [1.54, 1.807) is 17.0 Å². The van der Waals surface area contributed by atoms with Crippen molar-refractivity contribution in [2.45, 2.75) is 39.7 Å². The first-order valence-electron chi connectivity index (χ1n) is 7.46. The molecule has 1 aromatic carbocycles. The maximum atomic E-state index is 12.4. The van der Waals surface area contributed by atoms with Crippen LogP contribution in [0.3, 0.4) is 0 Å². The van der Waals surface area contributed by atoms with Crippen molar-refractivity contribution in [3.05, 3.63) is 62.4 Å². The molecule has 1 aromatic heterocycles. The molecule has 110 valence electrons. The average molecular weight is 284 g/mol. The molecule has 1 heterocycles. The fourth-order valence-corrected chi connectivity index (χ4v) is 2.77. The second-order valence-corrected chi connectivity index (χ2v) is 6.02. The summed E-state index contributed by atoms with van der Waals surface area (Å²) in [7, 11) is 0. The molecule has 0 spiro atoms. The molecule has 4 nitrogen and oxygen atoms in total. The SMILES string of the molecule is Cc1ccc(C)c(-n2ccn(CC3CCC3)c(=O)c2=O)c1. The molecule has 0 unspecified atom stereocenters. The Labute approximate surface area is 123 Å². The van der Waals surface area contributed by atoms with E-state index < -0.39 is 11.1 Å². The molecular weight excluding hydrogens is 264 g/mol. The van der Waals surface area contributed by atoms with Gasteiger partial charge in [-0.05, 0) is 49.8 Å². The van der Waals surface area contributed by atoms with Crippen LogP contribution < -0.4 is 11.1 Å². The van der Waals surface area contributed by atoms with Gasteiger partial charge in [-0.2, -0.15) is 0 Å². The molecule has 1 saturated carbocycles. The molecule has 0 amide bonds. The number of hydrogen-bond acceptors (Lipinski definition) is 2. The Balaban J connectivity index is 2.04. The van der Waals surface area contributed by atoms with Crippen LogP contribution >= 0.6 is 0 Å². The predicted molar refractivity (Wildman–Crippen MR) is 83.1 cm³/mol. The highest BCUT2D eigenvalue weighted by atomic mass is 16.2. The van der Waals surface area contributed by atoms with E-state index in [9.17, 15) is 9.59 Å². The highest BCUT2D eigenvalue weighted by Gasteiger charge is 2.19. The summed E-state index contributed by atoms with van der Waals surface area (Å²) in [5.41, 5.74) is 1.95. The van der Waals surface area contributed by atoms with Crippen molar-refractivity contribution in [1.29, 1.82) is 0 Å². The molecule has 0 N–H and O–H groups in total. The Morgan fingerprint density at radius 2 is 1.86 bits per heavy atom. The lowest BCUT2D eigenvalue weighted by Gasteiger charge is -2.25. The van der Waals surface area contributed by atoms with E-state index in [1.807, 2.05) is 32.0 Å². The highest BCUT2D eigenvalue weighted by Crippen LogP contribution is 2.27. The van der Waals surface area contributed by atoms with Gasteiger partial charge in [0.15, 0.2) is 0 Å². The molecule has 4 heteroatoms. The molecule has 2 aromatic rings. The number of nitrogens with zero attached hydrogens (tertiary/aromatic N) is 2. The minimum atomic E-state index is -0.467. The number of rotatable bonds is 3. The lowest BCUT2D eigenvalue weighted by atomic mass is 9.85. The van der Waals surface area contributed by atoms with E-state index in [4.69, 9.17) is 0 Å². The van der Waals surface area contributed by atoms with Crippen LogP contribution in [-0.2, 0) is 6.54 Å². The van der Waals surface area contributed by atoms with Crippen molar-refractivity contribution in [1.82, 2.24) is 9.13 Å². The van der Waals surface area contributed by atoms with E-state index in [1.165, 1.54) is 11.0 Å². The van der Waals surface area contributed by atoms with Crippen LogP contribution in [0.4, 0.5) is 0 Å².